The van der Waals surface area contributed by atoms with Gasteiger partial charge in [-0.1, -0.05) is 67.8 Å². The second-order valence-corrected chi connectivity index (χ2v) is 8.57. The maximum absolute atomic E-state index is 13.4. The molecule has 4 heteroatoms. The molecular weight excluding hydrogens is 372 g/mol. The Labute approximate surface area is 180 Å². The van der Waals surface area contributed by atoms with Crippen LogP contribution >= 0.6 is 0 Å². The third kappa shape index (κ3) is 5.71. The highest BCUT2D eigenvalue weighted by Gasteiger charge is 2.28. The molecule has 1 aliphatic carbocycles. The molecule has 30 heavy (non-hydrogen) atoms. The molecule has 1 fully saturated rings. The van der Waals surface area contributed by atoms with Crippen molar-refractivity contribution in [1.82, 2.24) is 10.2 Å². The van der Waals surface area contributed by atoms with Gasteiger partial charge in [0.25, 0.3) is 0 Å². The van der Waals surface area contributed by atoms with Crippen LogP contribution in [-0.4, -0.2) is 28.8 Å². The lowest BCUT2D eigenvalue weighted by Gasteiger charge is -2.31. The van der Waals surface area contributed by atoms with Crippen LogP contribution in [0.15, 0.2) is 48.5 Å². The fraction of sp³-hybridized carbons (Fsp3) is 0.462. The van der Waals surface area contributed by atoms with E-state index >= 15 is 0 Å². The molecule has 1 saturated carbocycles. The second-order valence-electron chi connectivity index (χ2n) is 8.57. The van der Waals surface area contributed by atoms with Crippen molar-refractivity contribution in [3.05, 3.63) is 70.8 Å². The Morgan fingerprint density at radius 2 is 1.50 bits per heavy atom. The number of hydrogen-bond donors (Lipinski definition) is 1. The van der Waals surface area contributed by atoms with E-state index in [9.17, 15) is 9.59 Å². The standard InChI is InChI=1S/C26H34N2O2/c1-19-11-7-9-13-22(19)17-25(29)28(18-23-14-10-8-12-20(23)2)21(3)26(30)27-24-15-5-4-6-16-24/h7-14,21,24H,4-6,15-18H2,1-3H3,(H,27,30). The number of nitrogens with zero attached hydrogens (tertiary/aromatic N) is 1. The van der Waals surface area contributed by atoms with Gasteiger partial charge in [0.2, 0.25) is 11.8 Å². The Hall–Kier alpha value is -2.62. The van der Waals surface area contributed by atoms with Gasteiger partial charge in [-0.05, 0) is 55.9 Å². The van der Waals surface area contributed by atoms with Crippen molar-refractivity contribution in [3.63, 3.8) is 0 Å². The molecule has 4 nitrogen and oxygen atoms in total. The molecule has 1 N–H and O–H groups in total. The maximum Gasteiger partial charge on any atom is 0.242 e. The topological polar surface area (TPSA) is 49.4 Å². The van der Waals surface area contributed by atoms with Crippen molar-refractivity contribution in [1.29, 1.82) is 0 Å². The summed E-state index contributed by atoms with van der Waals surface area (Å²) in [6, 6.07) is 15.7. The summed E-state index contributed by atoms with van der Waals surface area (Å²) in [5, 5.41) is 3.20. The first-order valence-corrected chi connectivity index (χ1v) is 11.1. The zero-order valence-electron chi connectivity index (χ0n) is 18.5. The van der Waals surface area contributed by atoms with E-state index in [0.717, 1.165) is 35.1 Å². The van der Waals surface area contributed by atoms with Gasteiger partial charge < -0.3 is 10.2 Å². The van der Waals surface area contributed by atoms with Crippen LogP contribution in [0.5, 0.6) is 0 Å². The van der Waals surface area contributed by atoms with Crippen LogP contribution in [-0.2, 0) is 22.6 Å². The molecule has 2 aromatic carbocycles. The highest BCUT2D eigenvalue weighted by Crippen LogP contribution is 2.19. The summed E-state index contributed by atoms with van der Waals surface area (Å²) in [6.45, 7) is 6.36. The Morgan fingerprint density at radius 1 is 0.933 bits per heavy atom. The van der Waals surface area contributed by atoms with E-state index in [-0.39, 0.29) is 17.9 Å². The molecule has 1 atom stereocenters. The smallest absolute Gasteiger partial charge is 0.242 e. The number of aryl methyl sites for hydroxylation is 2. The molecule has 1 unspecified atom stereocenters. The first-order valence-electron chi connectivity index (χ1n) is 11.1. The van der Waals surface area contributed by atoms with Crippen LogP contribution in [0.2, 0.25) is 0 Å². The molecule has 0 aromatic heterocycles. The van der Waals surface area contributed by atoms with Gasteiger partial charge >= 0.3 is 0 Å². The fourth-order valence-corrected chi connectivity index (χ4v) is 4.20. The molecule has 2 aromatic rings. The highest BCUT2D eigenvalue weighted by molar-refractivity contribution is 5.88. The van der Waals surface area contributed by atoms with Gasteiger partial charge in [-0.2, -0.15) is 0 Å². The molecule has 0 radical (unpaired) electrons. The van der Waals surface area contributed by atoms with Crippen LogP contribution in [0.1, 0.15) is 61.3 Å². The van der Waals surface area contributed by atoms with Crippen LogP contribution in [0, 0.1) is 13.8 Å². The number of carbonyl (C=O) groups is 2. The predicted molar refractivity (Wildman–Crippen MR) is 121 cm³/mol. The number of nitrogens with one attached hydrogen (secondary N) is 1. The second kappa shape index (κ2) is 10.4. The van der Waals surface area contributed by atoms with E-state index in [1.807, 2.05) is 69.3 Å². The molecular formula is C26H34N2O2. The van der Waals surface area contributed by atoms with E-state index in [1.165, 1.54) is 19.3 Å². The van der Waals surface area contributed by atoms with Crippen LogP contribution < -0.4 is 5.32 Å². The van der Waals surface area contributed by atoms with E-state index in [0.29, 0.717) is 13.0 Å². The van der Waals surface area contributed by atoms with Crippen molar-refractivity contribution in [2.24, 2.45) is 0 Å². The highest BCUT2D eigenvalue weighted by atomic mass is 16.2. The Balaban J connectivity index is 1.78. The van der Waals surface area contributed by atoms with Crippen LogP contribution in [0.25, 0.3) is 0 Å². The summed E-state index contributed by atoms with van der Waals surface area (Å²) in [5.74, 6) is -0.0625. The van der Waals surface area contributed by atoms with Crippen LogP contribution in [0.3, 0.4) is 0 Å². The third-order valence-corrected chi connectivity index (χ3v) is 6.32. The third-order valence-electron chi connectivity index (χ3n) is 6.32. The van der Waals surface area contributed by atoms with Gasteiger partial charge in [0.15, 0.2) is 0 Å². The first-order chi connectivity index (χ1) is 14.5. The monoisotopic (exact) mass is 406 g/mol. The SMILES string of the molecule is Cc1ccccc1CC(=O)N(Cc1ccccc1C)C(C)C(=O)NC1CCCCC1. The van der Waals surface area contributed by atoms with Crippen molar-refractivity contribution >= 4 is 11.8 Å². The maximum atomic E-state index is 13.4. The van der Waals surface area contributed by atoms with Crippen LogP contribution in [0.4, 0.5) is 0 Å². The minimum absolute atomic E-state index is 0.0150. The number of amides is 2. The van der Waals surface area contributed by atoms with Crippen molar-refractivity contribution < 1.29 is 9.59 Å². The largest absolute Gasteiger partial charge is 0.352 e. The number of carbonyl (C=O) groups excluding carboxylic acids is 2. The summed E-state index contributed by atoms with van der Waals surface area (Å²) >= 11 is 0. The molecule has 2 amide bonds. The average molecular weight is 407 g/mol. The van der Waals surface area contributed by atoms with Gasteiger partial charge in [-0.15, -0.1) is 0 Å². The minimum atomic E-state index is -0.511. The molecule has 0 heterocycles. The zero-order chi connectivity index (χ0) is 21.5. The van der Waals surface area contributed by atoms with Crippen molar-refractivity contribution in [3.8, 4) is 0 Å². The van der Waals surface area contributed by atoms with Gasteiger partial charge in [0.1, 0.15) is 6.04 Å². The Morgan fingerprint density at radius 3 is 2.10 bits per heavy atom. The molecule has 0 spiro atoms. The lowest BCUT2D eigenvalue weighted by atomic mass is 9.95. The molecule has 0 saturated heterocycles. The average Bonchev–Trinajstić information content (AvgIpc) is 2.75. The summed E-state index contributed by atoms with van der Waals surface area (Å²) in [6.07, 6.45) is 5.95. The van der Waals surface area contributed by atoms with E-state index in [2.05, 4.69) is 5.32 Å². The summed E-state index contributed by atoms with van der Waals surface area (Å²) in [7, 11) is 0. The van der Waals surface area contributed by atoms with Gasteiger partial charge in [-0.3, -0.25) is 9.59 Å². The van der Waals surface area contributed by atoms with Gasteiger partial charge in [0.05, 0.1) is 6.42 Å². The van der Waals surface area contributed by atoms with E-state index < -0.39 is 6.04 Å². The summed E-state index contributed by atoms with van der Waals surface area (Å²) in [5.41, 5.74) is 4.32. The lowest BCUT2D eigenvalue weighted by Crippen LogP contribution is -2.50. The van der Waals surface area contributed by atoms with E-state index in [4.69, 9.17) is 0 Å². The summed E-state index contributed by atoms with van der Waals surface area (Å²) < 4.78 is 0. The Kier molecular flexibility index (Phi) is 7.67. The van der Waals surface area contributed by atoms with E-state index in [1.54, 1.807) is 4.90 Å². The first kappa shape index (κ1) is 22.1. The van der Waals surface area contributed by atoms with Crippen molar-refractivity contribution in [2.75, 3.05) is 0 Å². The molecule has 1 aliphatic rings. The number of benzene rings is 2. The normalized spacial score (nSPS) is 15.4. The number of hydrogen-bond acceptors (Lipinski definition) is 2. The van der Waals surface area contributed by atoms with Gasteiger partial charge in [0, 0.05) is 12.6 Å². The Bertz CT molecular complexity index is 871. The molecule has 0 bridgehead atoms. The minimum Gasteiger partial charge on any atom is -0.352 e. The number of rotatable bonds is 7. The quantitative estimate of drug-likeness (QED) is 0.724. The lowest BCUT2D eigenvalue weighted by molar-refractivity contribution is -0.140. The van der Waals surface area contributed by atoms with Crippen molar-refractivity contribution in [2.45, 2.75) is 77.9 Å². The molecule has 160 valence electrons. The predicted octanol–water partition coefficient (Wildman–Crippen LogP) is 4.71. The fourth-order valence-electron chi connectivity index (χ4n) is 4.20. The molecule has 0 aliphatic heterocycles. The summed E-state index contributed by atoms with van der Waals surface area (Å²) in [4.78, 5) is 28.2. The molecule has 3 rings (SSSR count). The zero-order valence-corrected chi connectivity index (χ0v) is 18.5. The van der Waals surface area contributed by atoms with Gasteiger partial charge in [-0.25, -0.2) is 0 Å².